The summed E-state index contributed by atoms with van der Waals surface area (Å²) in [5.41, 5.74) is 2.41. The summed E-state index contributed by atoms with van der Waals surface area (Å²) >= 11 is 0. The van der Waals surface area contributed by atoms with Gasteiger partial charge in [-0.3, -0.25) is 9.59 Å². The lowest BCUT2D eigenvalue weighted by Crippen LogP contribution is -2.25. The second kappa shape index (κ2) is 5.40. The molecule has 0 radical (unpaired) electrons. The van der Waals surface area contributed by atoms with E-state index in [1.165, 1.54) is 6.92 Å². The van der Waals surface area contributed by atoms with Gasteiger partial charge in [0.1, 0.15) is 5.82 Å². The van der Waals surface area contributed by atoms with Crippen LogP contribution in [0.3, 0.4) is 0 Å². The van der Waals surface area contributed by atoms with Crippen molar-refractivity contribution in [3.63, 3.8) is 0 Å². The number of hydrogen-bond acceptors (Lipinski definition) is 4. The zero-order valence-electron chi connectivity index (χ0n) is 13.0. The Bertz CT molecular complexity index is 756. The molecule has 0 aliphatic carbocycles. The summed E-state index contributed by atoms with van der Waals surface area (Å²) in [6.45, 7) is 6.31. The van der Waals surface area contributed by atoms with E-state index in [9.17, 15) is 9.59 Å². The summed E-state index contributed by atoms with van der Waals surface area (Å²) in [7, 11) is 0. The largest absolute Gasteiger partial charge is 0.355 e. The standard InChI is InChI=1S/C15H19N5O2/c1-8-13(9(2)17-14(8)10(3)21)15(22)16-7-12-19-18-11-5-4-6-20(11)12/h17H,4-7H2,1-3H3,(H,16,22). The number of rotatable bonds is 4. The summed E-state index contributed by atoms with van der Waals surface area (Å²) in [6.07, 6.45) is 2.02. The Hall–Kier alpha value is -2.44. The van der Waals surface area contributed by atoms with Crippen molar-refractivity contribution in [3.05, 3.63) is 34.2 Å². The van der Waals surface area contributed by atoms with Crippen LogP contribution in [0.15, 0.2) is 0 Å². The van der Waals surface area contributed by atoms with Gasteiger partial charge in [0, 0.05) is 25.6 Å². The van der Waals surface area contributed by atoms with Crippen LogP contribution >= 0.6 is 0 Å². The maximum absolute atomic E-state index is 12.4. The molecule has 1 aliphatic rings. The van der Waals surface area contributed by atoms with Gasteiger partial charge in [0.15, 0.2) is 11.6 Å². The van der Waals surface area contributed by atoms with E-state index in [0.29, 0.717) is 29.1 Å². The molecule has 7 nitrogen and oxygen atoms in total. The average molecular weight is 301 g/mol. The second-order valence-corrected chi connectivity index (χ2v) is 5.65. The molecule has 0 saturated carbocycles. The topological polar surface area (TPSA) is 92.7 Å². The van der Waals surface area contributed by atoms with E-state index in [1.807, 2.05) is 0 Å². The maximum Gasteiger partial charge on any atom is 0.253 e. The summed E-state index contributed by atoms with van der Waals surface area (Å²) in [5.74, 6) is 1.49. The summed E-state index contributed by atoms with van der Waals surface area (Å²) < 4.78 is 2.05. The molecule has 22 heavy (non-hydrogen) atoms. The first-order valence-corrected chi connectivity index (χ1v) is 7.38. The zero-order chi connectivity index (χ0) is 15.9. The normalized spacial score (nSPS) is 13.2. The van der Waals surface area contributed by atoms with E-state index in [2.05, 4.69) is 25.1 Å². The van der Waals surface area contributed by atoms with E-state index >= 15 is 0 Å². The van der Waals surface area contributed by atoms with Gasteiger partial charge in [0.05, 0.1) is 17.8 Å². The van der Waals surface area contributed by atoms with Gasteiger partial charge in [-0.1, -0.05) is 0 Å². The number of fused-ring (bicyclic) bond motifs is 1. The number of ketones is 1. The smallest absolute Gasteiger partial charge is 0.253 e. The summed E-state index contributed by atoms with van der Waals surface area (Å²) in [6, 6.07) is 0. The van der Waals surface area contributed by atoms with Crippen molar-refractivity contribution in [2.24, 2.45) is 0 Å². The minimum atomic E-state index is -0.200. The van der Waals surface area contributed by atoms with E-state index in [1.54, 1.807) is 13.8 Å². The number of carbonyl (C=O) groups excluding carboxylic acids is 2. The van der Waals surface area contributed by atoms with Gasteiger partial charge in [-0.25, -0.2) is 0 Å². The van der Waals surface area contributed by atoms with Crippen LogP contribution in [0.5, 0.6) is 0 Å². The number of aryl methyl sites for hydroxylation is 2. The predicted molar refractivity (Wildman–Crippen MR) is 79.8 cm³/mol. The number of carbonyl (C=O) groups is 2. The maximum atomic E-state index is 12.4. The molecular formula is C15H19N5O2. The van der Waals surface area contributed by atoms with Gasteiger partial charge in [-0.2, -0.15) is 0 Å². The molecule has 0 fully saturated rings. The van der Waals surface area contributed by atoms with Crippen molar-refractivity contribution in [3.8, 4) is 0 Å². The van der Waals surface area contributed by atoms with Gasteiger partial charge in [0.25, 0.3) is 5.91 Å². The molecule has 7 heteroatoms. The molecule has 0 bridgehead atoms. The molecular weight excluding hydrogens is 282 g/mol. The van der Waals surface area contributed by atoms with Gasteiger partial charge in [0.2, 0.25) is 0 Å². The third-order valence-electron chi connectivity index (χ3n) is 4.11. The molecule has 2 N–H and O–H groups in total. The van der Waals surface area contributed by atoms with Gasteiger partial charge in [-0.15, -0.1) is 10.2 Å². The first-order chi connectivity index (χ1) is 10.5. The van der Waals surface area contributed by atoms with Crippen molar-refractivity contribution < 1.29 is 9.59 Å². The lowest BCUT2D eigenvalue weighted by Gasteiger charge is -2.06. The SMILES string of the molecule is CC(=O)c1[nH]c(C)c(C(=O)NCc2nnc3n2CCC3)c1C. The molecule has 0 aromatic carbocycles. The number of nitrogens with zero attached hydrogens (tertiary/aromatic N) is 3. The highest BCUT2D eigenvalue weighted by atomic mass is 16.1. The molecule has 3 heterocycles. The molecule has 0 atom stereocenters. The van der Waals surface area contributed by atoms with Crippen LogP contribution in [-0.4, -0.2) is 31.4 Å². The predicted octanol–water partition coefficient (Wildman–Crippen LogP) is 1.30. The van der Waals surface area contributed by atoms with Crippen molar-refractivity contribution in [1.82, 2.24) is 25.1 Å². The fourth-order valence-corrected chi connectivity index (χ4v) is 3.03. The minimum Gasteiger partial charge on any atom is -0.355 e. The van der Waals surface area contributed by atoms with Crippen LogP contribution in [0.25, 0.3) is 0 Å². The van der Waals surface area contributed by atoms with Crippen LogP contribution in [-0.2, 0) is 19.5 Å². The van der Waals surface area contributed by atoms with E-state index in [4.69, 9.17) is 0 Å². The Labute approximate surface area is 128 Å². The number of aromatic amines is 1. The quantitative estimate of drug-likeness (QED) is 0.833. The number of Topliss-reactive ketones (excluding diaryl/α,β-unsaturated/α-hetero) is 1. The summed E-state index contributed by atoms with van der Waals surface area (Å²) in [4.78, 5) is 26.9. The van der Waals surface area contributed by atoms with Crippen LogP contribution in [0.1, 0.15) is 57.1 Å². The summed E-state index contributed by atoms with van der Waals surface area (Å²) in [5, 5.41) is 11.1. The third kappa shape index (κ3) is 2.32. The molecule has 2 aromatic rings. The Balaban J connectivity index is 1.76. The van der Waals surface area contributed by atoms with Crippen LogP contribution in [0, 0.1) is 13.8 Å². The molecule has 1 amide bonds. The van der Waals surface area contributed by atoms with E-state index in [0.717, 1.165) is 31.0 Å². The van der Waals surface area contributed by atoms with E-state index < -0.39 is 0 Å². The number of nitrogens with one attached hydrogen (secondary N) is 2. The molecule has 3 rings (SSSR count). The molecule has 1 aliphatic heterocycles. The van der Waals surface area contributed by atoms with Crippen LogP contribution in [0.2, 0.25) is 0 Å². The monoisotopic (exact) mass is 301 g/mol. The van der Waals surface area contributed by atoms with Crippen molar-refractivity contribution in [2.45, 2.75) is 46.7 Å². The fourth-order valence-electron chi connectivity index (χ4n) is 3.03. The highest BCUT2D eigenvalue weighted by molar-refractivity contribution is 6.02. The van der Waals surface area contributed by atoms with Crippen molar-refractivity contribution in [2.75, 3.05) is 0 Å². The Morgan fingerprint density at radius 2 is 2.09 bits per heavy atom. The van der Waals surface area contributed by atoms with Gasteiger partial charge in [-0.05, 0) is 25.8 Å². The fraction of sp³-hybridized carbons (Fsp3) is 0.467. The zero-order valence-corrected chi connectivity index (χ0v) is 13.0. The molecule has 2 aromatic heterocycles. The first kappa shape index (κ1) is 14.5. The van der Waals surface area contributed by atoms with Gasteiger partial charge < -0.3 is 14.9 Å². The Kier molecular flexibility index (Phi) is 3.56. The van der Waals surface area contributed by atoms with Crippen LogP contribution in [0.4, 0.5) is 0 Å². The van der Waals surface area contributed by atoms with Crippen molar-refractivity contribution in [1.29, 1.82) is 0 Å². The molecule has 0 unspecified atom stereocenters. The van der Waals surface area contributed by atoms with E-state index in [-0.39, 0.29) is 11.7 Å². The van der Waals surface area contributed by atoms with Crippen molar-refractivity contribution >= 4 is 11.7 Å². The first-order valence-electron chi connectivity index (χ1n) is 7.38. The second-order valence-electron chi connectivity index (χ2n) is 5.65. The number of hydrogen-bond donors (Lipinski definition) is 2. The molecule has 116 valence electrons. The highest BCUT2D eigenvalue weighted by Crippen LogP contribution is 2.19. The third-order valence-corrected chi connectivity index (χ3v) is 4.11. The number of amides is 1. The molecule has 0 saturated heterocycles. The lowest BCUT2D eigenvalue weighted by molar-refractivity contribution is 0.0948. The average Bonchev–Trinajstić information content (AvgIpc) is 3.11. The number of aromatic nitrogens is 4. The lowest BCUT2D eigenvalue weighted by atomic mass is 10.1. The highest BCUT2D eigenvalue weighted by Gasteiger charge is 2.21. The Morgan fingerprint density at radius 3 is 2.77 bits per heavy atom. The van der Waals surface area contributed by atoms with Crippen LogP contribution < -0.4 is 5.32 Å². The Morgan fingerprint density at radius 1 is 1.32 bits per heavy atom. The number of H-pyrrole nitrogens is 1. The molecule has 0 spiro atoms. The minimum absolute atomic E-state index is 0.0741. The van der Waals surface area contributed by atoms with Gasteiger partial charge >= 0.3 is 0 Å².